The maximum atomic E-state index is 13.2. The van der Waals surface area contributed by atoms with Gasteiger partial charge in [-0.2, -0.15) is 5.10 Å². The van der Waals surface area contributed by atoms with Crippen LogP contribution < -0.4 is 16.1 Å². The van der Waals surface area contributed by atoms with Crippen LogP contribution in [0.1, 0.15) is 25.8 Å². The minimum atomic E-state index is -0.600. The highest BCUT2D eigenvalue weighted by molar-refractivity contribution is 6.31. The average Bonchev–Trinajstić information content (AvgIpc) is 2.61. The molecule has 2 aromatic carbocycles. The number of hydrogen-bond donors (Lipinski definition) is 3. The third-order valence-corrected chi connectivity index (χ3v) is 4.47. The fourth-order valence-electron chi connectivity index (χ4n) is 2.67. The van der Waals surface area contributed by atoms with E-state index >= 15 is 0 Å². The van der Waals surface area contributed by atoms with Crippen molar-refractivity contribution in [3.05, 3.63) is 58.9 Å². The molecule has 0 bridgehead atoms. The Hall–Kier alpha value is -2.93. The number of carbonyl (C=O) groups excluding carboxylic acids is 2. The van der Waals surface area contributed by atoms with Crippen LogP contribution in [-0.2, 0) is 4.79 Å². The van der Waals surface area contributed by atoms with E-state index in [0.717, 1.165) is 0 Å². The van der Waals surface area contributed by atoms with Crippen LogP contribution in [0.2, 0.25) is 5.02 Å². The summed E-state index contributed by atoms with van der Waals surface area (Å²) < 4.78 is 13.2. The summed E-state index contributed by atoms with van der Waals surface area (Å²) in [5.74, 6) is -0.712. The number of halogens is 2. The maximum absolute atomic E-state index is 13.2. The fourth-order valence-corrected chi connectivity index (χ4v) is 2.85. The molecule has 2 aromatic rings. The van der Waals surface area contributed by atoms with Gasteiger partial charge in [-0.1, -0.05) is 43.6 Å². The van der Waals surface area contributed by atoms with Gasteiger partial charge in [0.15, 0.2) is 0 Å². The molecule has 3 rings (SSSR count). The molecule has 0 saturated heterocycles. The van der Waals surface area contributed by atoms with Gasteiger partial charge in [-0.15, -0.1) is 0 Å². The molecular weight excluding hydrogens is 371 g/mol. The molecule has 27 heavy (non-hydrogen) atoms. The van der Waals surface area contributed by atoms with Crippen molar-refractivity contribution in [1.29, 1.82) is 0 Å². The molecule has 0 spiro atoms. The summed E-state index contributed by atoms with van der Waals surface area (Å²) in [6, 6.07) is 10.6. The molecule has 6 nitrogen and oxygen atoms in total. The smallest absolute Gasteiger partial charge is 0.308 e. The van der Waals surface area contributed by atoms with E-state index < -0.39 is 17.3 Å². The third kappa shape index (κ3) is 4.25. The number of anilines is 2. The van der Waals surface area contributed by atoms with Gasteiger partial charge in [0.1, 0.15) is 5.82 Å². The van der Waals surface area contributed by atoms with E-state index in [1.165, 1.54) is 18.2 Å². The SMILES string of the molecule is CC1(C)CC(c2ccccc2NC(=O)Nc2ccc(F)c(Cl)c2)=NNC1=O. The van der Waals surface area contributed by atoms with E-state index in [4.69, 9.17) is 11.6 Å². The summed E-state index contributed by atoms with van der Waals surface area (Å²) in [6.45, 7) is 3.66. The molecule has 0 atom stereocenters. The lowest BCUT2D eigenvalue weighted by Crippen LogP contribution is -2.41. The second-order valence-corrected chi connectivity index (χ2v) is 7.22. The molecule has 1 aliphatic rings. The average molecular weight is 389 g/mol. The van der Waals surface area contributed by atoms with E-state index in [2.05, 4.69) is 21.2 Å². The molecule has 1 heterocycles. The van der Waals surface area contributed by atoms with E-state index in [-0.39, 0.29) is 10.9 Å². The number of hydrogen-bond acceptors (Lipinski definition) is 3. The van der Waals surface area contributed by atoms with Crippen LogP contribution in [0, 0.1) is 11.2 Å². The minimum Gasteiger partial charge on any atom is -0.308 e. The highest BCUT2D eigenvalue weighted by Crippen LogP contribution is 2.29. The van der Waals surface area contributed by atoms with Crippen LogP contribution in [0.5, 0.6) is 0 Å². The molecule has 0 fully saturated rings. The largest absolute Gasteiger partial charge is 0.323 e. The Labute approximate surface area is 160 Å². The molecule has 8 heteroatoms. The second kappa shape index (κ2) is 7.36. The number of amides is 3. The molecule has 3 N–H and O–H groups in total. The van der Waals surface area contributed by atoms with Gasteiger partial charge in [0.2, 0.25) is 5.91 Å². The van der Waals surface area contributed by atoms with Crippen LogP contribution >= 0.6 is 11.6 Å². The molecule has 3 amide bonds. The number of carbonyl (C=O) groups is 2. The third-order valence-electron chi connectivity index (χ3n) is 4.18. The lowest BCUT2D eigenvalue weighted by atomic mass is 9.83. The van der Waals surface area contributed by atoms with Crippen molar-refractivity contribution in [3.63, 3.8) is 0 Å². The van der Waals surface area contributed by atoms with Crippen molar-refractivity contribution in [2.45, 2.75) is 20.3 Å². The first-order valence-electron chi connectivity index (χ1n) is 8.26. The van der Waals surface area contributed by atoms with E-state index in [1.807, 2.05) is 26.0 Å². The van der Waals surface area contributed by atoms with Crippen molar-refractivity contribution >= 4 is 40.6 Å². The van der Waals surface area contributed by atoms with Crippen molar-refractivity contribution in [3.8, 4) is 0 Å². The van der Waals surface area contributed by atoms with Gasteiger partial charge in [0.25, 0.3) is 0 Å². The van der Waals surface area contributed by atoms with Crippen LogP contribution in [0.3, 0.4) is 0 Å². The second-order valence-electron chi connectivity index (χ2n) is 6.81. The number of para-hydroxylation sites is 1. The van der Waals surface area contributed by atoms with Crippen LogP contribution in [0.4, 0.5) is 20.6 Å². The van der Waals surface area contributed by atoms with Gasteiger partial charge in [0, 0.05) is 17.7 Å². The fraction of sp³-hybridized carbons (Fsp3) is 0.211. The number of hydrazone groups is 1. The summed E-state index contributed by atoms with van der Waals surface area (Å²) in [6.07, 6.45) is 0.437. The first kappa shape index (κ1) is 18.8. The van der Waals surface area contributed by atoms with E-state index in [9.17, 15) is 14.0 Å². The molecule has 0 aliphatic carbocycles. The van der Waals surface area contributed by atoms with Gasteiger partial charge in [-0.25, -0.2) is 14.6 Å². The Balaban J connectivity index is 1.79. The lowest BCUT2D eigenvalue weighted by Gasteiger charge is -2.28. The molecule has 1 aliphatic heterocycles. The number of benzene rings is 2. The molecular formula is C19H18ClFN4O2. The normalized spacial score (nSPS) is 15.6. The van der Waals surface area contributed by atoms with Crippen LogP contribution in [0.25, 0.3) is 0 Å². The van der Waals surface area contributed by atoms with Crippen molar-refractivity contribution in [2.75, 3.05) is 10.6 Å². The van der Waals surface area contributed by atoms with Crippen LogP contribution in [-0.4, -0.2) is 17.6 Å². The maximum Gasteiger partial charge on any atom is 0.323 e. The Morgan fingerprint density at radius 2 is 1.96 bits per heavy atom. The van der Waals surface area contributed by atoms with Crippen molar-refractivity contribution in [2.24, 2.45) is 10.5 Å². The highest BCUT2D eigenvalue weighted by atomic mass is 35.5. The topological polar surface area (TPSA) is 82.6 Å². The minimum absolute atomic E-state index is 0.0808. The Bertz CT molecular complexity index is 943. The summed E-state index contributed by atoms with van der Waals surface area (Å²) in [4.78, 5) is 24.2. The zero-order valence-corrected chi connectivity index (χ0v) is 15.5. The van der Waals surface area contributed by atoms with Gasteiger partial charge in [0.05, 0.1) is 21.8 Å². The van der Waals surface area contributed by atoms with Gasteiger partial charge in [-0.3, -0.25) is 4.79 Å². The van der Waals surface area contributed by atoms with Crippen molar-refractivity contribution in [1.82, 2.24) is 5.43 Å². The van der Waals surface area contributed by atoms with Crippen LogP contribution in [0.15, 0.2) is 47.6 Å². The molecule has 140 valence electrons. The summed E-state index contributed by atoms with van der Waals surface area (Å²) in [5.41, 5.74) is 4.19. The van der Waals surface area contributed by atoms with Gasteiger partial charge >= 0.3 is 6.03 Å². The first-order chi connectivity index (χ1) is 12.8. The molecule has 0 radical (unpaired) electrons. The number of urea groups is 1. The van der Waals surface area contributed by atoms with E-state index in [1.54, 1.807) is 12.1 Å². The zero-order valence-electron chi connectivity index (χ0n) is 14.8. The number of nitrogens with zero attached hydrogens (tertiary/aromatic N) is 1. The van der Waals surface area contributed by atoms with Gasteiger partial charge < -0.3 is 10.6 Å². The number of rotatable bonds is 3. The summed E-state index contributed by atoms with van der Waals surface area (Å²) in [7, 11) is 0. The lowest BCUT2D eigenvalue weighted by molar-refractivity contribution is -0.129. The molecule has 0 saturated carbocycles. The highest BCUT2D eigenvalue weighted by Gasteiger charge is 2.33. The molecule has 0 unspecified atom stereocenters. The monoisotopic (exact) mass is 388 g/mol. The first-order valence-corrected chi connectivity index (χ1v) is 8.63. The molecule has 0 aromatic heterocycles. The van der Waals surface area contributed by atoms with Crippen molar-refractivity contribution < 1.29 is 14.0 Å². The summed E-state index contributed by atoms with van der Waals surface area (Å²) >= 11 is 5.73. The van der Waals surface area contributed by atoms with E-state index in [0.29, 0.717) is 29.1 Å². The quantitative estimate of drug-likeness (QED) is 0.729. The zero-order chi connectivity index (χ0) is 19.6. The Kier molecular flexibility index (Phi) is 5.14. The predicted octanol–water partition coefficient (Wildman–Crippen LogP) is 4.37. The Morgan fingerprint density at radius 1 is 1.22 bits per heavy atom. The predicted molar refractivity (Wildman–Crippen MR) is 104 cm³/mol. The summed E-state index contributed by atoms with van der Waals surface area (Å²) in [5, 5.41) is 9.40. The number of nitrogens with one attached hydrogen (secondary N) is 3. The standard InChI is InChI=1S/C19H18ClFN4O2/c1-19(2)10-16(24-25-17(19)26)12-5-3-4-6-15(12)23-18(27)22-11-7-8-14(21)13(20)9-11/h3-9H,10H2,1-2H3,(H,25,26)(H2,22,23,27). The van der Waals surface area contributed by atoms with Gasteiger partial charge in [-0.05, 0) is 24.3 Å². The Morgan fingerprint density at radius 3 is 2.67 bits per heavy atom.